The predicted molar refractivity (Wildman–Crippen MR) is 120 cm³/mol. The van der Waals surface area contributed by atoms with Crippen LogP contribution in [-0.2, 0) is 0 Å². The fourth-order valence-electron chi connectivity index (χ4n) is 2.38. The van der Waals surface area contributed by atoms with Crippen LogP contribution in [0.1, 0.15) is 31.4 Å². The molecule has 7 heteroatoms. The maximum atomic E-state index is 13.5. The van der Waals surface area contributed by atoms with E-state index in [1.54, 1.807) is 12.1 Å². The fraction of sp³-hybridized carbons (Fsp3) is 0.611. The van der Waals surface area contributed by atoms with Gasteiger partial charge in [-0.25, -0.2) is 4.39 Å². The average Bonchev–Trinajstić information content (AvgIpc) is 2.54. The molecule has 1 atom stereocenters. The molecular formula is C18H32FIN4S. The molecule has 0 radical (unpaired) electrons. The molecule has 0 bridgehead atoms. The number of likely N-dealkylation sites (N-methyl/N-ethyl adjacent to an activating group) is 1. The van der Waals surface area contributed by atoms with Crippen molar-refractivity contribution in [1.29, 1.82) is 0 Å². The molecule has 25 heavy (non-hydrogen) atoms. The highest BCUT2D eigenvalue weighted by molar-refractivity contribution is 14.0. The third-order valence-electron chi connectivity index (χ3n) is 3.69. The monoisotopic (exact) mass is 482 g/mol. The van der Waals surface area contributed by atoms with Crippen LogP contribution >= 0.6 is 35.7 Å². The van der Waals surface area contributed by atoms with E-state index in [2.05, 4.69) is 33.7 Å². The van der Waals surface area contributed by atoms with Gasteiger partial charge in [0.15, 0.2) is 5.96 Å². The predicted octanol–water partition coefficient (Wildman–Crippen LogP) is 3.74. The second-order valence-electron chi connectivity index (χ2n) is 5.88. The summed E-state index contributed by atoms with van der Waals surface area (Å²) in [4.78, 5) is 6.75. The Morgan fingerprint density at radius 2 is 2.04 bits per heavy atom. The van der Waals surface area contributed by atoms with Crippen LogP contribution in [0.4, 0.5) is 4.39 Å². The maximum absolute atomic E-state index is 13.5. The summed E-state index contributed by atoms with van der Waals surface area (Å²) in [5.74, 6) is 1.81. The zero-order valence-electron chi connectivity index (χ0n) is 15.7. The van der Waals surface area contributed by atoms with Crippen LogP contribution in [0.3, 0.4) is 0 Å². The van der Waals surface area contributed by atoms with Crippen molar-refractivity contribution in [1.82, 2.24) is 15.5 Å². The molecule has 1 aromatic carbocycles. The summed E-state index contributed by atoms with van der Waals surface area (Å²) in [5, 5.41) is 6.65. The van der Waals surface area contributed by atoms with E-state index in [0.29, 0.717) is 6.54 Å². The molecule has 0 fully saturated rings. The Kier molecular flexibility index (Phi) is 14.3. The van der Waals surface area contributed by atoms with Crippen LogP contribution in [0, 0.1) is 5.82 Å². The summed E-state index contributed by atoms with van der Waals surface area (Å²) in [7, 11) is 3.99. The Morgan fingerprint density at radius 1 is 1.28 bits per heavy atom. The summed E-state index contributed by atoms with van der Waals surface area (Å²) in [6.07, 6.45) is 4.47. The summed E-state index contributed by atoms with van der Waals surface area (Å²) in [6.45, 7) is 4.37. The first-order valence-electron chi connectivity index (χ1n) is 8.51. The molecule has 1 unspecified atom stereocenters. The summed E-state index contributed by atoms with van der Waals surface area (Å²) >= 11 is 1.88. The minimum absolute atomic E-state index is 0. The molecule has 0 amide bonds. The minimum atomic E-state index is -0.206. The number of nitrogens with zero attached hydrogens (tertiary/aromatic N) is 2. The molecule has 144 valence electrons. The summed E-state index contributed by atoms with van der Waals surface area (Å²) < 4.78 is 13.5. The summed E-state index contributed by atoms with van der Waals surface area (Å²) in [5.41, 5.74) is 0.944. The number of guanidine groups is 1. The number of halogens is 2. The van der Waals surface area contributed by atoms with Gasteiger partial charge in [0.05, 0.1) is 12.6 Å². The van der Waals surface area contributed by atoms with Gasteiger partial charge in [-0.1, -0.05) is 12.1 Å². The van der Waals surface area contributed by atoms with Crippen molar-refractivity contribution in [2.45, 2.75) is 25.8 Å². The van der Waals surface area contributed by atoms with Crippen LogP contribution < -0.4 is 10.6 Å². The molecule has 4 nitrogen and oxygen atoms in total. The molecule has 1 aromatic rings. The molecule has 0 saturated carbocycles. The van der Waals surface area contributed by atoms with Crippen molar-refractivity contribution in [2.24, 2.45) is 4.99 Å². The fourth-order valence-corrected chi connectivity index (χ4v) is 2.87. The van der Waals surface area contributed by atoms with Crippen molar-refractivity contribution < 1.29 is 4.39 Å². The van der Waals surface area contributed by atoms with Gasteiger partial charge in [0, 0.05) is 13.1 Å². The normalized spacial score (nSPS) is 12.6. The van der Waals surface area contributed by atoms with E-state index in [9.17, 15) is 4.39 Å². The highest BCUT2D eigenvalue weighted by Gasteiger charge is 2.14. The lowest BCUT2D eigenvalue weighted by Gasteiger charge is -2.23. The molecule has 0 aromatic heterocycles. The van der Waals surface area contributed by atoms with Crippen molar-refractivity contribution in [3.8, 4) is 0 Å². The molecule has 0 heterocycles. The third-order valence-corrected chi connectivity index (χ3v) is 4.39. The number of thioether (sulfide) groups is 1. The van der Waals surface area contributed by atoms with Gasteiger partial charge < -0.3 is 15.5 Å². The van der Waals surface area contributed by atoms with Crippen molar-refractivity contribution in [3.05, 3.63) is 35.6 Å². The first-order valence-corrected chi connectivity index (χ1v) is 9.90. The van der Waals surface area contributed by atoms with Crippen LogP contribution in [0.5, 0.6) is 0 Å². The van der Waals surface area contributed by atoms with Crippen LogP contribution in [-0.4, -0.2) is 56.6 Å². The number of aliphatic imine (C=N–C) groups is 1. The molecule has 0 saturated heterocycles. The molecule has 0 aliphatic rings. The SMILES string of the molecule is CCNC(=NCC(c1cccc(F)c1)N(C)C)NCCCCSC.I. The molecule has 1 rings (SSSR count). The lowest BCUT2D eigenvalue weighted by molar-refractivity contribution is 0.305. The Hall–Kier alpha value is -0.540. The van der Waals surface area contributed by atoms with Crippen LogP contribution in [0.2, 0.25) is 0 Å². The third kappa shape index (κ3) is 10.3. The topological polar surface area (TPSA) is 39.7 Å². The Labute approximate surface area is 173 Å². The second-order valence-corrected chi connectivity index (χ2v) is 6.87. The number of benzene rings is 1. The second kappa shape index (κ2) is 14.6. The molecule has 0 aliphatic heterocycles. The van der Waals surface area contributed by atoms with E-state index in [0.717, 1.165) is 31.0 Å². The summed E-state index contributed by atoms with van der Waals surface area (Å²) in [6, 6.07) is 6.81. The largest absolute Gasteiger partial charge is 0.357 e. The highest BCUT2D eigenvalue weighted by atomic mass is 127. The Morgan fingerprint density at radius 3 is 2.64 bits per heavy atom. The van der Waals surface area contributed by atoms with Crippen molar-refractivity contribution in [2.75, 3.05) is 45.7 Å². The van der Waals surface area contributed by atoms with Crippen LogP contribution in [0.25, 0.3) is 0 Å². The quantitative estimate of drug-likeness (QED) is 0.231. The highest BCUT2D eigenvalue weighted by Crippen LogP contribution is 2.19. The van der Waals surface area contributed by atoms with Gasteiger partial charge >= 0.3 is 0 Å². The van der Waals surface area contributed by atoms with Gasteiger partial charge in [0.1, 0.15) is 5.82 Å². The van der Waals surface area contributed by atoms with E-state index >= 15 is 0 Å². The van der Waals surface area contributed by atoms with Crippen molar-refractivity contribution in [3.63, 3.8) is 0 Å². The lowest BCUT2D eigenvalue weighted by atomic mass is 10.1. The van der Waals surface area contributed by atoms with Crippen molar-refractivity contribution >= 4 is 41.7 Å². The van der Waals surface area contributed by atoms with Gasteiger partial charge in [-0.15, -0.1) is 24.0 Å². The average molecular weight is 482 g/mol. The van der Waals surface area contributed by atoms with E-state index in [1.807, 2.05) is 31.9 Å². The van der Waals surface area contributed by atoms with E-state index in [4.69, 9.17) is 0 Å². The van der Waals surface area contributed by atoms with Gasteiger partial charge in [0.2, 0.25) is 0 Å². The minimum Gasteiger partial charge on any atom is -0.357 e. The molecule has 0 aliphatic carbocycles. The van der Waals surface area contributed by atoms with Gasteiger partial charge in [-0.2, -0.15) is 11.8 Å². The lowest BCUT2D eigenvalue weighted by Crippen LogP contribution is -2.38. The van der Waals surface area contributed by atoms with Gasteiger partial charge in [0.25, 0.3) is 0 Å². The van der Waals surface area contributed by atoms with E-state index < -0.39 is 0 Å². The number of rotatable bonds is 10. The van der Waals surface area contributed by atoms with Gasteiger partial charge in [-0.05, 0) is 63.6 Å². The number of nitrogens with one attached hydrogen (secondary N) is 2. The molecular weight excluding hydrogens is 450 g/mol. The van der Waals surface area contributed by atoms with Crippen LogP contribution in [0.15, 0.2) is 29.3 Å². The first-order chi connectivity index (χ1) is 11.6. The number of unbranched alkanes of at least 4 members (excludes halogenated alkanes) is 1. The Bertz CT molecular complexity index is 500. The molecule has 0 spiro atoms. The maximum Gasteiger partial charge on any atom is 0.191 e. The number of hydrogen-bond acceptors (Lipinski definition) is 3. The zero-order valence-corrected chi connectivity index (χ0v) is 18.9. The number of hydrogen-bond donors (Lipinski definition) is 2. The zero-order chi connectivity index (χ0) is 17.8. The van der Waals surface area contributed by atoms with Gasteiger partial charge in [-0.3, -0.25) is 4.99 Å². The van der Waals surface area contributed by atoms with E-state index in [1.165, 1.54) is 18.2 Å². The smallest absolute Gasteiger partial charge is 0.191 e. The Balaban J connectivity index is 0.00000576. The molecule has 2 N–H and O–H groups in total. The first kappa shape index (κ1) is 24.5. The standard InChI is InChI=1S/C18H31FN4S.HI/c1-5-20-18(21-11-6-7-12-24-4)22-14-17(23(2)3)15-9-8-10-16(19)13-15;/h8-10,13,17H,5-7,11-12,14H2,1-4H3,(H2,20,21,22);1H. The van der Waals surface area contributed by atoms with E-state index in [-0.39, 0.29) is 35.8 Å².